The lowest BCUT2D eigenvalue weighted by Gasteiger charge is -2.48. The molecule has 1 atom stereocenters. The summed E-state index contributed by atoms with van der Waals surface area (Å²) in [7, 11) is 0. The van der Waals surface area contributed by atoms with E-state index in [2.05, 4.69) is 35.1 Å². The quantitative estimate of drug-likeness (QED) is 0.918. The van der Waals surface area contributed by atoms with Gasteiger partial charge in [-0.1, -0.05) is 25.8 Å². The van der Waals surface area contributed by atoms with Crippen LogP contribution in [0, 0.1) is 6.92 Å². The first kappa shape index (κ1) is 14.0. The highest BCUT2D eigenvalue weighted by Gasteiger charge is 2.42. The van der Waals surface area contributed by atoms with Crippen LogP contribution in [0.15, 0.2) is 18.5 Å². The molecule has 0 amide bonds. The molecule has 1 aliphatic heterocycles. The predicted octanol–water partition coefficient (Wildman–Crippen LogP) is 2.89. The number of pyridine rings is 1. The lowest BCUT2D eigenvalue weighted by atomic mass is 9.90. The Kier molecular flexibility index (Phi) is 4.08. The van der Waals surface area contributed by atoms with E-state index < -0.39 is 0 Å². The van der Waals surface area contributed by atoms with Crippen molar-refractivity contribution in [3.8, 4) is 0 Å². The maximum absolute atomic E-state index is 4.36. The van der Waals surface area contributed by atoms with Crippen LogP contribution in [0.4, 0.5) is 0 Å². The van der Waals surface area contributed by atoms with Gasteiger partial charge in [-0.25, -0.2) is 0 Å². The summed E-state index contributed by atoms with van der Waals surface area (Å²) < 4.78 is 0. The molecular formula is C17H27N3. The van der Waals surface area contributed by atoms with Gasteiger partial charge in [0.05, 0.1) is 0 Å². The van der Waals surface area contributed by atoms with Crippen molar-refractivity contribution in [2.24, 2.45) is 0 Å². The van der Waals surface area contributed by atoms with Crippen molar-refractivity contribution >= 4 is 0 Å². The Morgan fingerprint density at radius 1 is 1.35 bits per heavy atom. The molecule has 1 aliphatic carbocycles. The summed E-state index contributed by atoms with van der Waals surface area (Å²) in [6, 6.07) is 2.94. The predicted molar refractivity (Wildman–Crippen MR) is 82.7 cm³/mol. The van der Waals surface area contributed by atoms with Crippen LogP contribution in [0.5, 0.6) is 0 Å². The molecule has 1 saturated heterocycles. The normalized spacial score (nSPS) is 26.2. The Morgan fingerprint density at radius 3 is 2.85 bits per heavy atom. The zero-order valence-electron chi connectivity index (χ0n) is 12.9. The average molecular weight is 273 g/mol. The Labute approximate surface area is 122 Å². The Morgan fingerprint density at radius 2 is 2.15 bits per heavy atom. The van der Waals surface area contributed by atoms with Crippen molar-refractivity contribution in [1.29, 1.82) is 0 Å². The average Bonchev–Trinajstić information content (AvgIpc) is 2.91. The minimum Gasteiger partial charge on any atom is -0.311 e. The molecule has 0 radical (unpaired) electrons. The van der Waals surface area contributed by atoms with Crippen LogP contribution in [0.25, 0.3) is 0 Å². The number of nitrogens with zero attached hydrogens (tertiary/aromatic N) is 2. The molecule has 1 spiro atoms. The highest BCUT2D eigenvalue weighted by atomic mass is 15.3. The number of rotatable bonds is 3. The molecule has 0 aromatic carbocycles. The van der Waals surface area contributed by atoms with Crippen LogP contribution in [0.3, 0.4) is 0 Å². The Balaban J connectivity index is 1.79. The molecule has 1 saturated carbocycles. The second kappa shape index (κ2) is 5.82. The van der Waals surface area contributed by atoms with Crippen molar-refractivity contribution in [1.82, 2.24) is 15.2 Å². The van der Waals surface area contributed by atoms with Gasteiger partial charge in [-0.15, -0.1) is 0 Å². The highest BCUT2D eigenvalue weighted by Crippen LogP contribution is 2.38. The van der Waals surface area contributed by atoms with Crippen molar-refractivity contribution in [2.75, 3.05) is 13.1 Å². The molecule has 110 valence electrons. The summed E-state index contributed by atoms with van der Waals surface area (Å²) >= 11 is 0. The second-order valence-corrected chi connectivity index (χ2v) is 6.67. The fraction of sp³-hybridized carbons (Fsp3) is 0.706. The van der Waals surface area contributed by atoms with E-state index >= 15 is 0 Å². The fourth-order valence-electron chi connectivity index (χ4n) is 3.93. The van der Waals surface area contributed by atoms with E-state index in [1.165, 1.54) is 56.3 Å². The van der Waals surface area contributed by atoms with Crippen molar-refractivity contribution in [3.05, 3.63) is 29.6 Å². The Hall–Kier alpha value is -0.930. The minimum atomic E-state index is 0.412. The van der Waals surface area contributed by atoms with Gasteiger partial charge in [0.25, 0.3) is 0 Å². The number of nitrogens with one attached hydrogen (secondary N) is 1. The van der Waals surface area contributed by atoms with Crippen molar-refractivity contribution in [2.45, 2.75) is 64.1 Å². The first-order valence-electron chi connectivity index (χ1n) is 8.11. The number of piperazine rings is 1. The molecule has 2 heterocycles. The van der Waals surface area contributed by atoms with E-state index in [1.807, 2.05) is 12.4 Å². The van der Waals surface area contributed by atoms with Crippen LogP contribution >= 0.6 is 0 Å². The van der Waals surface area contributed by atoms with Gasteiger partial charge in [-0.3, -0.25) is 9.88 Å². The molecule has 2 fully saturated rings. The molecule has 2 aliphatic rings. The summed E-state index contributed by atoms with van der Waals surface area (Å²) in [6.45, 7) is 7.84. The number of hydrogen-bond donors (Lipinski definition) is 1. The largest absolute Gasteiger partial charge is 0.311 e. The van der Waals surface area contributed by atoms with Crippen LogP contribution in [0.1, 0.15) is 50.2 Å². The number of aryl methyl sites for hydroxylation is 1. The van der Waals surface area contributed by atoms with E-state index in [0.717, 1.165) is 6.54 Å². The molecule has 0 bridgehead atoms. The zero-order valence-corrected chi connectivity index (χ0v) is 12.9. The third-order valence-electron chi connectivity index (χ3n) is 5.16. The van der Waals surface area contributed by atoms with Gasteiger partial charge in [0.2, 0.25) is 0 Å². The summed E-state index contributed by atoms with van der Waals surface area (Å²) in [5, 5.41) is 3.77. The summed E-state index contributed by atoms with van der Waals surface area (Å²) in [5.74, 6) is 0. The Bertz CT molecular complexity index is 451. The molecule has 1 N–H and O–H groups in total. The molecule has 1 aromatic heterocycles. The lowest BCUT2D eigenvalue weighted by Crippen LogP contribution is -2.62. The maximum atomic E-state index is 4.36. The highest BCUT2D eigenvalue weighted by molar-refractivity contribution is 5.17. The van der Waals surface area contributed by atoms with E-state index in [1.54, 1.807) is 0 Å². The number of aromatic nitrogens is 1. The summed E-state index contributed by atoms with van der Waals surface area (Å²) in [6.07, 6.45) is 10.7. The maximum Gasteiger partial charge on any atom is 0.0338 e. The van der Waals surface area contributed by atoms with Crippen LogP contribution in [0.2, 0.25) is 0 Å². The SMILES string of the molecule is CCC1CN(Cc2cncc(C)c2)C2(CCCC2)CN1. The van der Waals surface area contributed by atoms with E-state index in [0.29, 0.717) is 11.6 Å². The standard InChI is InChI=1S/C17H27N3/c1-3-16-12-20(11-15-8-14(2)9-18-10-15)17(13-19-16)6-4-5-7-17/h8-10,16,19H,3-7,11-13H2,1-2H3. The zero-order chi connectivity index (χ0) is 14.0. The van der Waals surface area contributed by atoms with Gasteiger partial charge in [0.15, 0.2) is 0 Å². The minimum absolute atomic E-state index is 0.412. The number of hydrogen-bond acceptors (Lipinski definition) is 3. The van der Waals surface area contributed by atoms with E-state index in [4.69, 9.17) is 0 Å². The molecule has 3 heteroatoms. The molecular weight excluding hydrogens is 246 g/mol. The van der Waals surface area contributed by atoms with Crippen LogP contribution in [-0.4, -0.2) is 34.6 Å². The summed E-state index contributed by atoms with van der Waals surface area (Å²) in [5.41, 5.74) is 3.05. The second-order valence-electron chi connectivity index (χ2n) is 6.67. The lowest BCUT2D eigenvalue weighted by molar-refractivity contribution is 0.0348. The first-order chi connectivity index (χ1) is 9.72. The fourth-order valence-corrected chi connectivity index (χ4v) is 3.93. The van der Waals surface area contributed by atoms with Crippen molar-refractivity contribution < 1.29 is 0 Å². The van der Waals surface area contributed by atoms with Gasteiger partial charge >= 0.3 is 0 Å². The van der Waals surface area contributed by atoms with E-state index in [-0.39, 0.29) is 0 Å². The molecule has 20 heavy (non-hydrogen) atoms. The van der Waals surface area contributed by atoms with Gasteiger partial charge in [-0.2, -0.15) is 0 Å². The smallest absolute Gasteiger partial charge is 0.0338 e. The third kappa shape index (κ3) is 2.75. The molecule has 3 nitrogen and oxygen atoms in total. The summed E-state index contributed by atoms with van der Waals surface area (Å²) in [4.78, 5) is 7.11. The molecule has 1 aromatic rings. The van der Waals surface area contributed by atoms with Crippen LogP contribution in [-0.2, 0) is 6.54 Å². The van der Waals surface area contributed by atoms with Gasteiger partial charge in [0, 0.05) is 43.6 Å². The van der Waals surface area contributed by atoms with Gasteiger partial charge in [0.1, 0.15) is 0 Å². The van der Waals surface area contributed by atoms with Gasteiger partial charge in [-0.05, 0) is 37.3 Å². The van der Waals surface area contributed by atoms with E-state index in [9.17, 15) is 0 Å². The van der Waals surface area contributed by atoms with Crippen molar-refractivity contribution in [3.63, 3.8) is 0 Å². The topological polar surface area (TPSA) is 28.2 Å². The molecule has 3 rings (SSSR count). The van der Waals surface area contributed by atoms with Crippen LogP contribution < -0.4 is 5.32 Å². The van der Waals surface area contributed by atoms with Gasteiger partial charge < -0.3 is 5.32 Å². The third-order valence-corrected chi connectivity index (χ3v) is 5.16. The molecule has 1 unspecified atom stereocenters. The first-order valence-corrected chi connectivity index (χ1v) is 8.11. The monoisotopic (exact) mass is 273 g/mol.